The molecule has 28 valence electrons. The number of hydrogen-bond acceptors (Lipinski definition) is 0. The first-order chi connectivity index (χ1) is 0. The summed E-state index contributed by atoms with van der Waals surface area (Å²) in [6.45, 7) is 0. The van der Waals surface area contributed by atoms with Crippen LogP contribution in [0.2, 0.25) is 0 Å². The zero-order chi connectivity index (χ0) is 0. The summed E-state index contributed by atoms with van der Waals surface area (Å²) in [6.07, 6.45) is 0. The minimum atomic E-state index is 0. The standard InChI is InChI=1S/3CH4.Ti/h3*1H4;. The summed E-state index contributed by atoms with van der Waals surface area (Å²) in [5.74, 6) is 0. The zero-order valence-electron chi connectivity index (χ0n) is 0.500. The van der Waals surface area contributed by atoms with Gasteiger partial charge >= 0.3 is 0 Å². The summed E-state index contributed by atoms with van der Waals surface area (Å²) in [5, 5.41) is 0. The van der Waals surface area contributed by atoms with Crippen molar-refractivity contribution in [3.05, 3.63) is 0 Å². The molecule has 1 heteroatoms. The van der Waals surface area contributed by atoms with Gasteiger partial charge in [-0.05, 0) is 0 Å². The SMILES string of the molecule is C.C.C.[Ti]. The van der Waals surface area contributed by atoms with E-state index in [1.165, 1.54) is 0 Å². The fourth-order valence-electron chi connectivity index (χ4n) is 0. The molecule has 0 amide bonds. The second-order valence-corrected chi connectivity index (χ2v) is 0. The molecule has 0 spiro atoms. The van der Waals surface area contributed by atoms with Crippen molar-refractivity contribution in [2.45, 2.75) is 22.3 Å². The van der Waals surface area contributed by atoms with Crippen LogP contribution in [0.5, 0.6) is 0 Å². The smallest absolute Gasteiger partial charge is 0 e. The van der Waals surface area contributed by atoms with Crippen LogP contribution in [0.25, 0.3) is 0 Å². The van der Waals surface area contributed by atoms with Crippen LogP contribution in [0.1, 0.15) is 22.3 Å². The summed E-state index contributed by atoms with van der Waals surface area (Å²) in [5.41, 5.74) is 0. The molecule has 0 heterocycles. The molecule has 0 aliphatic rings. The minimum Gasteiger partial charge on any atom is -0.0776 e. The zero-order valence-corrected chi connectivity index (χ0v) is 2.06. The maximum absolute atomic E-state index is 0. The minimum absolute atomic E-state index is 0. The van der Waals surface area contributed by atoms with Gasteiger partial charge in [-0.3, -0.25) is 0 Å². The fourth-order valence-corrected chi connectivity index (χ4v) is 0. The van der Waals surface area contributed by atoms with Gasteiger partial charge in [0.1, 0.15) is 0 Å². The largest absolute Gasteiger partial charge is 0.0776 e. The third-order valence-corrected chi connectivity index (χ3v) is 0. The van der Waals surface area contributed by atoms with E-state index in [0.29, 0.717) is 0 Å². The van der Waals surface area contributed by atoms with Crippen LogP contribution in [0.3, 0.4) is 0 Å². The van der Waals surface area contributed by atoms with Crippen molar-refractivity contribution in [2.24, 2.45) is 0 Å². The van der Waals surface area contributed by atoms with Crippen molar-refractivity contribution < 1.29 is 21.7 Å². The summed E-state index contributed by atoms with van der Waals surface area (Å²) in [7, 11) is 0. The summed E-state index contributed by atoms with van der Waals surface area (Å²) in [4.78, 5) is 0. The molecule has 0 aromatic carbocycles. The van der Waals surface area contributed by atoms with Crippen LogP contribution in [0.4, 0.5) is 0 Å². The first-order valence-electron chi connectivity index (χ1n) is 0. The predicted octanol–water partition coefficient (Wildman–Crippen LogP) is 1.91. The van der Waals surface area contributed by atoms with E-state index in [-0.39, 0.29) is 44.0 Å². The summed E-state index contributed by atoms with van der Waals surface area (Å²) >= 11 is 0. The van der Waals surface area contributed by atoms with Gasteiger partial charge in [0.25, 0.3) is 0 Å². The van der Waals surface area contributed by atoms with Gasteiger partial charge in [-0.25, -0.2) is 0 Å². The predicted molar refractivity (Wildman–Crippen MR) is 20.2 cm³/mol. The van der Waals surface area contributed by atoms with Gasteiger partial charge in [-0.2, -0.15) is 0 Å². The van der Waals surface area contributed by atoms with E-state index in [1.54, 1.807) is 0 Å². The van der Waals surface area contributed by atoms with Crippen LogP contribution in [-0.2, 0) is 21.7 Å². The molecule has 4 heavy (non-hydrogen) atoms. The van der Waals surface area contributed by atoms with Crippen LogP contribution >= 0.6 is 0 Å². The Labute approximate surface area is 44.5 Å². The van der Waals surface area contributed by atoms with E-state index in [4.69, 9.17) is 0 Å². The summed E-state index contributed by atoms with van der Waals surface area (Å²) in [6, 6.07) is 0. The Kier molecular flexibility index (Phi) is 1710. The Morgan fingerprint density at radius 2 is 0.500 bits per heavy atom. The topological polar surface area (TPSA) is 0 Å². The molecule has 0 aromatic rings. The Morgan fingerprint density at radius 3 is 0.500 bits per heavy atom. The molecule has 0 radical (unpaired) electrons. The maximum atomic E-state index is 0. The van der Waals surface area contributed by atoms with Gasteiger partial charge < -0.3 is 0 Å². The summed E-state index contributed by atoms with van der Waals surface area (Å²) < 4.78 is 0. The van der Waals surface area contributed by atoms with Gasteiger partial charge in [0.15, 0.2) is 0 Å². The normalized spacial score (nSPS) is 0. The van der Waals surface area contributed by atoms with Crippen molar-refractivity contribution >= 4 is 0 Å². The first-order valence-corrected chi connectivity index (χ1v) is 0. The van der Waals surface area contributed by atoms with Crippen molar-refractivity contribution in [3.63, 3.8) is 0 Å². The van der Waals surface area contributed by atoms with E-state index in [2.05, 4.69) is 0 Å². The molecular formula is C3H12Ti. The van der Waals surface area contributed by atoms with Crippen LogP contribution in [-0.4, -0.2) is 0 Å². The third kappa shape index (κ3) is 15.6. The number of hydrogen-bond donors (Lipinski definition) is 0. The Bertz CT molecular complexity index is 3.25. The van der Waals surface area contributed by atoms with Crippen molar-refractivity contribution in [1.29, 1.82) is 0 Å². The maximum Gasteiger partial charge on any atom is 0 e. The molecule has 0 nitrogen and oxygen atoms in total. The molecular weight excluding hydrogens is 83.9 g/mol. The average Bonchev–Trinajstić information content (AvgIpc) is 0. The van der Waals surface area contributed by atoms with Gasteiger partial charge in [0.05, 0.1) is 0 Å². The Hall–Kier alpha value is 0.714. The Balaban J connectivity index is 0. The van der Waals surface area contributed by atoms with Crippen molar-refractivity contribution in [3.8, 4) is 0 Å². The molecule has 0 aliphatic heterocycles. The molecule has 0 aromatic heterocycles. The molecule has 0 saturated carbocycles. The molecule has 0 unspecified atom stereocenters. The monoisotopic (exact) mass is 96.0 g/mol. The van der Waals surface area contributed by atoms with Crippen molar-refractivity contribution in [2.75, 3.05) is 0 Å². The van der Waals surface area contributed by atoms with Crippen molar-refractivity contribution in [1.82, 2.24) is 0 Å². The van der Waals surface area contributed by atoms with Crippen LogP contribution in [0.15, 0.2) is 0 Å². The van der Waals surface area contributed by atoms with Crippen LogP contribution < -0.4 is 0 Å². The van der Waals surface area contributed by atoms with Gasteiger partial charge in [-0.15, -0.1) is 0 Å². The van der Waals surface area contributed by atoms with E-state index >= 15 is 0 Å². The molecule has 0 atom stereocenters. The van der Waals surface area contributed by atoms with E-state index in [9.17, 15) is 0 Å². The molecule has 0 rings (SSSR count). The average molecular weight is 96.0 g/mol. The molecule has 0 saturated heterocycles. The van der Waals surface area contributed by atoms with Gasteiger partial charge in [0, 0.05) is 21.7 Å². The second-order valence-electron chi connectivity index (χ2n) is 0. The fraction of sp³-hybridized carbons (Fsp3) is 1.00. The number of rotatable bonds is 0. The molecule has 0 fully saturated rings. The quantitative estimate of drug-likeness (QED) is 0.404. The third-order valence-electron chi connectivity index (χ3n) is 0. The Morgan fingerprint density at radius 1 is 0.500 bits per heavy atom. The van der Waals surface area contributed by atoms with Gasteiger partial charge in [-0.1, -0.05) is 22.3 Å². The van der Waals surface area contributed by atoms with E-state index in [0.717, 1.165) is 0 Å². The molecule has 0 aliphatic carbocycles. The molecule has 0 bridgehead atoms. The first kappa shape index (κ1) is 127. The second kappa shape index (κ2) is 53.6. The molecule has 0 N–H and O–H groups in total. The van der Waals surface area contributed by atoms with E-state index < -0.39 is 0 Å². The van der Waals surface area contributed by atoms with E-state index in [1.807, 2.05) is 0 Å². The van der Waals surface area contributed by atoms with Gasteiger partial charge in [0.2, 0.25) is 0 Å². The van der Waals surface area contributed by atoms with Crippen LogP contribution in [0, 0.1) is 0 Å².